The SMILES string of the molecule is CC(C)(C)c1cc(C(=O)N2CCC[C@H](C(=O)c3cnn(-c4ccc(F)cc4)c3N)C2)n[nH]1. The molecule has 168 valence electrons. The lowest BCUT2D eigenvalue weighted by Gasteiger charge is -2.31. The molecule has 1 aliphatic heterocycles. The monoisotopic (exact) mass is 438 g/mol. The van der Waals surface area contributed by atoms with Gasteiger partial charge in [-0.05, 0) is 43.2 Å². The van der Waals surface area contributed by atoms with Gasteiger partial charge in [-0.25, -0.2) is 9.07 Å². The maximum atomic E-state index is 13.2. The van der Waals surface area contributed by atoms with E-state index in [9.17, 15) is 14.0 Å². The van der Waals surface area contributed by atoms with Crippen LogP contribution in [0.2, 0.25) is 0 Å². The molecule has 3 heterocycles. The molecule has 3 N–H and O–H groups in total. The number of anilines is 1. The number of hydrogen-bond donors (Lipinski definition) is 2. The second kappa shape index (κ2) is 8.22. The van der Waals surface area contributed by atoms with Gasteiger partial charge in [0.15, 0.2) is 5.78 Å². The molecule has 9 heteroatoms. The molecular weight excluding hydrogens is 411 g/mol. The minimum Gasteiger partial charge on any atom is -0.383 e. The average molecular weight is 439 g/mol. The second-order valence-corrected chi connectivity index (χ2v) is 9.20. The highest BCUT2D eigenvalue weighted by Crippen LogP contribution is 2.27. The first-order valence-electron chi connectivity index (χ1n) is 10.6. The van der Waals surface area contributed by atoms with Crippen molar-refractivity contribution in [1.82, 2.24) is 24.9 Å². The molecule has 1 fully saturated rings. The van der Waals surface area contributed by atoms with Crippen molar-refractivity contribution in [1.29, 1.82) is 0 Å². The summed E-state index contributed by atoms with van der Waals surface area (Å²) in [6.07, 6.45) is 2.81. The lowest BCUT2D eigenvalue weighted by Crippen LogP contribution is -2.42. The van der Waals surface area contributed by atoms with Crippen LogP contribution in [0.5, 0.6) is 0 Å². The molecule has 0 unspecified atom stereocenters. The van der Waals surface area contributed by atoms with E-state index in [0.29, 0.717) is 42.9 Å². The first-order valence-corrected chi connectivity index (χ1v) is 10.6. The largest absolute Gasteiger partial charge is 0.383 e. The first-order chi connectivity index (χ1) is 15.1. The van der Waals surface area contributed by atoms with E-state index in [4.69, 9.17) is 5.73 Å². The number of likely N-dealkylation sites (tertiary alicyclic amines) is 1. The Kier molecular flexibility index (Phi) is 5.58. The molecule has 1 aliphatic rings. The van der Waals surface area contributed by atoms with Gasteiger partial charge in [0.1, 0.15) is 17.3 Å². The molecule has 8 nitrogen and oxygen atoms in total. The number of benzene rings is 1. The van der Waals surface area contributed by atoms with Crippen LogP contribution < -0.4 is 5.73 Å². The number of nitrogens with one attached hydrogen (secondary N) is 1. The average Bonchev–Trinajstić information content (AvgIpc) is 3.41. The van der Waals surface area contributed by atoms with Gasteiger partial charge in [0.25, 0.3) is 5.91 Å². The maximum Gasteiger partial charge on any atom is 0.274 e. The van der Waals surface area contributed by atoms with E-state index in [0.717, 1.165) is 5.69 Å². The van der Waals surface area contributed by atoms with Gasteiger partial charge in [0, 0.05) is 30.1 Å². The molecule has 1 aromatic carbocycles. The Morgan fingerprint density at radius 2 is 1.94 bits per heavy atom. The zero-order chi connectivity index (χ0) is 23.0. The highest BCUT2D eigenvalue weighted by molar-refractivity contribution is 6.02. The standard InChI is InChI=1S/C23H27FN6O2/c1-23(2,3)19-11-18(27-28-19)22(32)29-10-4-5-14(13-29)20(31)17-12-26-30(21(17)25)16-8-6-15(24)7-9-16/h6-9,11-12,14H,4-5,10,13,25H2,1-3H3,(H,27,28)/t14-/m0/s1. The fourth-order valence-electron chi connectivity index (χ4n) is 3.91. The van der Waals surface area contributed by atoms with Gasteiger partial charge in [-0.2, -0.15) is 10.2 Å². The second-order valence-electron chi connectivity index (χ2n) is 9.20. The highest BCUT2D eigenvalue weighted by Gasteiger charge is 2.32. The third kappa shape index (κ3) is 4.15. The molecule has 0 spiro atoms. The number of nitrogens with zero attached hydrogens (tertiary/aromatic N) is 4. The highest BCUT2D eigenvalue weighted by atomic mass is 19.1. The maximum absolute atomic E-state index is 13.2. The molecule has 3 aromatic rings. The Morgan fingerprint density at radius 1 is 1.22 bits per heavy atom. The number of carbonyl (C=O) groups excluding carboxylic acids is 2. The van der Waals surface area contributed by atoms with Crippen molar-refractivity contribution < 1.29 is 14.0 Å². The van der Waals surface area contributed by atoms with Gasteiger partial charge in [-0.3, -0.25) is 14.7 Å². The number of ketones is 1. The van der Waals surface area contributed by atoms with Crippen molar-refractivity contribution in [2.24, 2.45) is 5.92 Å². The summed E-state index contributed by atoms with van der Waals surface area (Å²) < 4.78 is 14.6. The minimum absolute atomic E-state index is 0.145. The van der Waals surface area contributed by atoms with Crippen LogP contribution >= 0.6 is 0 Å². The number of H-pyrrole nitrogens is 1. The number of amides is 1. The molecule has 4 rings (SSSR count). The Hall–Kier alpha value is -3.49. The number of piperidine rings is 1. The molecule has 1 saturated heterocycles. The molecule has 0 saturated carbocycles. The summed E-state index contributed by atoms with van der Waals surface area (Å²) in [7, 11) is 0. The topological polar surface area (TPSA) is 110 Å². The number of Topliss-reactive ketones (excluding diaryl/α,β-unsaturated/α-hetero) is 1. The van der Waals surface area contributed by atoms with Gasteiger partial charge in [-0.15, -0.1) is 0 Å². The van der Waals surface area contributed by atoms with Crippen molar-refractivity contribution in [3.05, 3.63) is 59.3 Å². The van der Waals surface area contributed by atoms with Gasteiger partial charge < -0.3 is 10.6 Å². The lowest BCUT2D eigenvalue weighted by molar-refractivity contribution is 0.0632. The number of halogens is 1. The van der Waals surface area contributed by atoms with E-state index in [1.807, 2.05) is 20.8 Å². The van der Waals surface area contributed by atoms with Crippen molar-refractivity contribution in [3.63, 3.8) is 0 Å². The van der Waals surface area contributed by atoms with Crippen LogP contribution in [0.3, 0.4) is 0 Å². The van der Waals surface area contributed by atoms with Crippen LogP contribution in [0.25, 0.3) is 5.69 Å². The Bertz CT molecular complexity index is 1140. The van der Waals surface area contributed by atoms with Crippen molar-refractivity contribution in [3.8, 4) is 5.69 Å². The zero-order valence-corrected chi connectivity index (χ0v) is 18.4. The molecule has 0 aliphatic carbocycles. The van der Waals surface area contributed by atoms with E-state index >= 15 is 0 Å². The number of carbonyl (C=O) groups is 2. The Morgan fingerprint density at radius 3 is 2.59 bits per heavy atom. The van der Waals surface area contributed by atoms with Crippen molar-refractivity contribution in [2.45, 2.75) is 39.0 Å². The lowest BCUT2D eigenvalue weighted by atomic mass is 9.90. The summed E-state index contributed by atoms with van der Waals surface area (Å²) in [5, 5.41) is 11.3. The molecule has 1 amide bonds. The van der Waals surface area contributed by atoms with E-state index in [1.54, 1.807) is 23.1 Å². The molecule has 32 heavy (non-hydrogen) atoms. The molecule has 1 atom stereocenters. The van der Waals surface area contributed by atoms with E-state index < -0.39 is 0 Å². The summed E-state index contributed by atoms with van der Waals surface area (Å²) in [5.74, 6) is -0.877. The van der Waals surface area contributed by atoms with E-state index in [-0.39, 0.29) is 34.7 Å². The number of nitrogen functional groups attached to an aromatic ring is 1. The quantitative estimate of drug-likeness (QED) is 0.607. The number of aromatic nitrogens is 4. The van der Waals surface area contributed by atoms with Gasteiger partial charge in [0.05, 0.1) is 17.4 Å². The third-order valence-corrected chi connectivity index (χ3v) is 5.83. The van der Waals surface area contributed by atoms with Crippen LogP contribution in [-0.2, 0) is 5.41 Å². The van der Waals surface area contributed by atoms with Gasteiger partial charge in [0.2, 0.25) is 0 Å². The smallest absolute Gasteiger partial charge is 0.274 e. The third-order valence-electron chi connectivity index (χ3n) is 5.83. The summed E-state index contributed by atoms with van der Waals surface area (Å²) in [6, 6.07) is 7.48. The Balaban J connectivity index is 1.50. The zero-order valence-electron chi connectivity index (χ0n) is 18.4. The number of rotatable bonds is 4. The normalized spacial score (nSPS) is 16.9. The van der Waals surface area contributed by atoms with Gasteiger partial charge in [-0.1, -0.05) is 20.8 Å². The van der Waals surface area contributed by atoms with Crippen molar-refractivity contribution >= 4 is 17.5 Å². The summed E-state index contributed by atoms with van der Waals surface area (Å²) in [5.41, 5.74) is 8.17. The number of nitrogens with two attached hydrogens (primary N) is 1. The molecule has 0 bridgehead atoms. The van der Waals surface area contributed by atoms with E-state index in [1.165, 1.54) is 23.0 Å². The molecule has 2 aromatic heterocycles. The van der Waals surface area contributed by atoms with Crippen LogP contribution in [0.4, 0.5) is 10.2 Å². The predicted molar refractivity (Wildman–Crippen MR) is 118 cm³/mol. The van der Waals surface area contributed by atoms with Crippen LogP contribution in [0, 0.1) is 11.7 Å². The molecule has 0 radical (unpaired) electrons. The number of hydrogen-bond acceptors (Lipinski definition) is 5. The van der Waals surface area contributed by atoms with E-state index in [2.05, 4.69) is 15.3 Å². The fraction of sp³-hybridized carbons (Fsp3) is 0.391. The van der Waals surface area contributed by atoms with Crippen LogP contribution in [-0.4, -0.2) is 49.7 Å². The van der Waals surface area contributed by atoms with Gasteiger partial charge >= 0.3 is 0 Å². The fourth-order valence-corrected chi connectivity index (χ4v) is 3.91. The number of aromatic amines is 1. The van der Waals surface area contributed by atoms with Crippen LogP contribution in [0.15, 0.2) is 36.5 Å². The van der Waals surface area contributed by atoms with Crippen LogP contribution in [0.1, 0.15) is 60.2 Å². The molecular formula is C23H27FN6O2. The minimum atomic E-state index is -0.373. The predicted octanol–water partition coefficient (Wildman–Crippen LogP) is 3.35. The summed E-state index contributed by atoms with van der Waals surface area (Å²) >= 11 is 0. The first kappa shape index (κ1) is 21.7. The van der Waals surface area contributed by atoms with Crippen molar-refractivity contribution in [2.75, 3.05) is 18.8 Å². The summed E-state index contributed by atoms with van der Waals surface area (Å²) in [4.78, 5) is 27.9. The Labute approximate surface area is 185 Å². The summed E-state index contributed by atoms with van der Waals surface area (Å²) in [6.45, 7) is 7.00.